The largest absolute Gasteiger partial charge is 0.337 e. The predicted molar refractivity (Wildman–Crippen MR) is 84.1 cm³/mol. The van der Waals surface area contributed by atoms with E-state index >= 15 is 0 Å². The van der Waals surface area contributed by atoms with E-state index in [0.717, 1.165) is 37.3 Å². The van der Waals surface area contributed by atoms with E-state index in [1.165, 1.54) is 0 Å². The summed E-state index contributed by atoms with van der Waals surface area (Å²) in [6.07, 6.45) is 7.22. The summed E-state index contributed by atoms with van der Waals surface area (Å²) in [5.74, 6) is 0.0587. The number of rotatable bonds is 2. The molecule has 3 aromatic rings. The van der Waals surface area contributed by atoms with Gasteiger partial charge >= 0.3 is 0 Å². The van der Waals surface area contributed by atoms with Gasteiger partial charge in [0.15, 0.2) is 0 Å². The standard InChI is InChI=1S/C16H18N6O/c1-12-15(22-7-3-2-4-14(22)19-12)16(23)20-8-5-13(6-9-20)21-10-17-18-11-21/h2-4,7,10-11,13H,5-6,8-9H2,1H3. The minimum atomic E-state index is 0.0587. The molecule has 0 atom stereocenters. The summed E-state index contributed by atoms with van der Waals surface area (Å²) >= 11 is 0. The normalized spacial score (nSPS) is 16.1. The van der Waals surface area contributed by atoms with Gasteiger partial charge in [-0.15, -0.1) is 10.2 Å². The summed E-state index contributed by atoms with van der Waals surface area (Å²) in [5, 5.41) is 7.72. The number of imidazole rings is 1. The molecule has 0 saturated carbocycles. The van der Waals surface area contributed by atoms with Gasteiger partial charge in [-0.3, -0.25) is 9.20 Å². The number of piperidine rings is 1. The molecule has 1 aliphatic heterocycles. The van der Waals surface area contributed by atoms with Gasteiger partial charge in [-0.25, -0.2) is 4.98 Å². The molecule has 7 nitrogen and oxygen atoms in total. The molecule has 1 amide bonds. The van der Waals surface area contributed by atoms with Crippen LogP contribution in [0.25, 0.3) is 5.65 Å². The lowest BCUT2D eigenvalue weighted by atomic mass is 10.0. The zero-order valence-electron chi connectivity index (χ0n) is 13.0. The van der Waals surface area contributed by atoms with E-state index in [1.807, 2.05) is 45.2 Å². The van der Waals surface area contributed by atoms with E-state index in [-0.39, 0.29) is 5.91 Å². The van der Waals surface area contributed by atoms with Gasteiger partial charge in [0, 0.05) is 25.3 Å². The third kappa shape index (κ3) is 2.38. The Hall–Kier alpha value is -2.70. The lowest BCUT2D eigenvalue weighted by Gasteiger charge is -2.32. The molecule has 1 fully saturated rings. The summed E-state index contributed by atoms with van der Waals surface area (Å²) in [7, 11) is 0. The summed E-state index contributed by atoms with van der Waals surface area (Å²) in [5.41, 5.74) is 2.26. The highest BCUT2D eigenvalue weighted by atomic mass is 16.2. The van der Waals surface area contributed by atoms with Crippen LogP contribution >= 0.6 is 0 Å². The molecule has 23 heavy (non-hydrogen) atoms. The average molecular weight is 310 g/mol. The van der Waals surface area contributed by atoms with Crippen LogP contribution in [0.5, 0.6) is 0 Å². The van der Waals surface area contributed by atoms with E-state index in [1.54, 1.807) is 12.7 Å². The third-order valence-electron chi connectivity index (χ3n) is 4.52. The first-order chi connectivity index (χ1) is 11.2. The fourth-order valence-corrected chi connectivity index (χ4v) is 3.29. The zero-order valence-corrected chi connectivity index (χ0v) is 13.0. The molecule has 0 bridgehead atoms. The van der Waals surface area contributed by atoms with Crippen molar-refractivity contribution in [2.75, 3.05) is 13.1 Å². The van der Waals surface area contributed by atoms with Crippen LogP contribution in [0.3, 0.4) is 0 Å². The second kappa shape index (κ2) is 5.49. The number of aryl methyl sites for hydroxylation is 1. The molecule has 0 spiro atoms. The number of hydrogen-bond donors (Lipinski definition) is 0. The first-order valence-corrected chi connectivity index (χ1v) is 7.81. The van der Waals surface area contributed by atoms with Gasteiger partial charge in [0.1, 0.15) is 24.0 Å². The number of pyridine rings is 1. The molecule has 0 unspecified atom stereocenters. The summed E-state index contributed by atoms with van der Waals surface area (Å²) in [4.78, 5) is 19.3. The summed E-state index contributed by atoms with van der Waals surface area (Å²) in [6.45, 7) is 3.37. The van der Waals surface area contributed by atoms with E-state index in [4.69, 9.17) is 0 Å². The van der Waals surface area contributed by atoms with Gasteiger partial charge in [-0.05, 0) is 31.9 Å². The Bertz CT molecular complexity index is 830. The minimum Gasteiger partial charge on any atom is -0.337 e. The van der Waals surface area contributed by atoms with Crippen LogP contribution in [-0.4, -0.2) is 48.0 Å². The Morgan fingerprint density at radius 3 is 2.65 bits per heavy atom. The lowest BCUT2D eigenvalue weighted by Crippen LogP contribution is -2.39. The topological polar surface area (TPSA) is 68.3 Å². The first kappa shape index (κ1) is 13.9. The Balaban J connectivity index is 1.55. The van der Waals surface area contributed by atoms with E-state index in [2.05, 4.69) is 15.2 Å². The molecular weight excluding hydrogens is 292 g/mol. The van der Waals surface area contributed by atoms with Crippen molar-refractivity contribution in [2.24, 2.45) is 0 Å². The summed E-state index contributed by atoms with van der Waals surface area (Å²) < 4.78 is 3.91. The molecule has 118 valence electrons. The maximum absolute atomic E-state index is 12.9. The van der Waals surface area contributed by atoms with Gasteiger partial charge in [0.2, 0.25) is 0 Å². The monoisotopic (exact) mass is 310 g/mol. The number of hydrogen-bond acceptors (Lipinski definition) is 4. The number of carbonyl (C=O) groups excluding carboxylic acids is 1. The van der Waals surface area contributed by atoms with Crippen molar-refractivity contribution in [3.63, 3.8) is 0 Å². The van der Waals surface area contributed by atoms with Crippen LogP contribution in [0.1, 0.15) is 35.1 Å². The fourth-order valence-electron chi connectivity index (χ4n) is 3.29. The number of carbonyl (C=O) groups is 1. The van der Waals surface area contributed by atoms with Crippen molar-refractivity contribution in [2.45, 2.75) is 25.8 Å². The van der Waals surface area contributed by atoms with Crippen LogP contribution in [0.15, 0.2) is 37.1 Å². The second-order valence-corrected chi connectivity index (χ2v) is 5.91. The highest BCUT2D eigenvalue weighted by Crippen LogP contribution is 2.24. The highest BCUT2D eigenvalue weighted by molar-refractivity contribution is 5.94. The lowest BCUT2D eigenvalue weighted by molar-refractivity contribution is 0.0686. The van der Waals surface area contributed by atoms with Crippen molar-refractivity contribution >= 4 is 11.6 Å². The SMILES string of the molecule is Cc1nc2ccccn2c1C(=O)N1CCC(n2cnnc2)CC1. The molecule has 1 aliphatic rings. The molecule has 3 aromatic heterocycles. The third-order valence-corrected chi connectivity index (χ3v) is 4.52. The molecule has 0 N–H and O–H groups in total. The molecule has 1 saturated heterocycles. The smallest absolute Gasteiger partial charge is 0.272 e. The maximum atomic E-state index is 12.9. The molecule has 4 rings (SSSR count). The number of fused-ring (bicyclic) bond motifs is 1. The van der Waals surface area contributed by atoms with Crippen LogP contribution in [0, 0.1) is 6.92 Å². The van der Waals surface area contributed by atoms with Crippen molar-refractivity contribution in [3.8, 4) is 0 Å². The first-order valence-electron chi connectivity index (χ1n) is 7.81. The fraction of sp³-hybridized carbons (Fsp3) is 0.375. The summed E-state index contributed by atoms with van der Waals surface area (Å²) in [6, 6.07) is 6.14. The van der Waals surface area contributed by atoms with Gasteiger partial charge in [-0.2, -0.15) is 0 Å². The van der Waals surface area contributed by atoms with E-state index in [0.29, 0.717) is 11.7 Å². The van der Waals surface area contributed by atoms with E-state index in [9.17, 15) is 4.79 Å². The highest BCUT2D eigenvalue weighted by Gasteiger charge is 2.27. The molecule has 0 aliphatic carbocycles. The Morgan fingerprint density at radius 1 is 1.17 bits per heavy atom. The second-order valence-electron chi connectivity index (χ2n) is 5.91. The van der Waals surface area contributed by atoms with Crippen LogP contribution in [0.2, 0.25) is 0 Å². The quantitative estimate of drug-likeness (QED) is 0.722. The number of likely N-dealkylation sites (tertiary alicyclic amines) is 1. The van der Waals surface area contributed by atoms with Crippen molar-refractivity contribution in [3.05, 3.63) is 48.4 Å². The molecule has 4 heterocycles. The van der Waals surface area contributed by atoms with Crippen molar-refractivity contribution in [1.29, 1.82) is 0 Å². The Kier molecular flexibility index (Phi) is 3.33. The predicted octanol–water partition coefficient (Wildman–Crippen LogP) is 1.71. The van der Waals surface area contributed by atoms with Crippen LogP contribution < -0.4 is 0 Å². The number of amides is 1. The Labute approximate surface area is 133 Å². The molecule has 0 aromatic carbocycles. The molecular formula is C16H18N6O. The Morgan fingerprint density at radius 2 is 1.91 bits per heavy atom. The van der Waals surface area contributed by atoms with Gasteiger partial charge < -0.3 is 9.47 Å². The van der Waals surface area contributed by atoms with Gasteiger partial charge in [-0.1, -0.05) is 6.07 Å². The van der Waals surface area contributed by atoms with Crippen LogP contribution in [0.4, 0.5) is 0 Å². The number of aromatic nitrogens is 5. The maximum Gasteiger partial charge on any atom is 0.272 e. The molecule has 7 heteroatoms. The van der Waals surface area contributed by atoms with Crippen molar-refractivity contribution < 1.29 is 4.79 Å². The molecule has 0 radical (unpaired) electrons. The minimum absolute atomic E-state index is 0.0587. The van der Waals surface area contributed by atoms with Crippen LogP contribution in [-0.2, 0) is 0 Å². The number of nitrogens with zero attached hydrogens (tertiary/aromatic N) is 6. The van der Waals surface area contributed by atoms with E-state index < -0.39 is 0 Å². The van der Waals surface area contributed by atoms with Crippen molar-refractivity contribution in [1.82, 2.24) is 29.0 Å². The van der Waals surface area contributed by atoms with Gasteiger partial charge in [0.25, 0.3) is 5.91 Å². The average Bonchev–Trinajstić information content (AvgIpc) is 3.21. The van der Waals surface area contributed by atoms with Gasteiger partial charge in [0.05, 0.1) is 5.69 Å². The zero-order chi connectivity index (χ0) is 15.8.